The van der Waals surface area contributed by atoms with E-state index in [1.807, 2.05) is 48.7 Å². The van der Waals surface area contributed by atoms with Gasteiger partial charge < -0.3 is 0 Å². The molecule has 1 aromatic carbocycles. The van der Waals surface area contributed by atoms with Gasteiger partial charge in [-0.3, -0.25) is 4.79 Å². The Hall–Kier alpha value is -1.90. The summed E-state index contributed by atoms with van der Waals surface area (Å²) in [5.74, 6) is 0.0827. The smallest absolute Gasteiger partial charge is 0.269 e. The fourth-order valence-electron chi connectivity index (χ4n) is 1.43. The van der Waals surface area contributed by atoms with Gasteiger partial charge in [-0.05, 0) is 11.6 Å². The zero-order chi connectivity index (χ0) is 10.5. The van der Waals surface area contributed by atoms with Crippen LogP contribution in [0.5, 0.6) is 0 Å². The molecule has 0 aliphatic carbocycles. The van der Waals surface area contributed by atoms with Gasteiger partial charge in [-0.25, -0.2) is 0 Å². The Kier molecular flexibility index (Phi) is 2.93. The number of rotatable bonds is 2. The van der Waals surface area contributed by atoms with E-state index in [1.165, 1.54) is 0 Å². The number of amides is 1. The van der Waals surface area contributed by atoms with Crippen molar-refractivity contribution in [3.05, 3.63) is 42.0 Å². The van der Waals surface area contributed by atoms with Crippen molar-refractivity contribution in [3.8, 4) is 0 Å². The van der Waals surface area contributed by atoms with Crippen LogP contribution < -0.4 is 5.43 Å². The molecule has 0 bridgehead atoms. The van der Waals surface area contributed by atoms with Crippen LogP contribution in [0, 0.1) is 0 Å². The first-order chi connectivity index (χ1) is 7.34. The first-order valence-corrected chi connectivity index (χ1v) is 4.97. The molecule has 0 unspecified atom stereocenters. The van der Waals surface area contributed by atoms with Crippen molar-refractivity contribution < 1.29 is 9.48 Å². The van der Waals surface area contributed by atoms with Gasteiger partial charge in [0.2, 0.25) is 0 Å². The Morgan fingerprint density at radius 2 is 2.07 bits per heavy atom. The minimum atomic E-state index is 0.0827. The molecule has 0 saturated carbocycles. The normalized spacial score (nSPS) is 18.7. The van der Waals surface area contributed by atoms with Crippen molar-refractivity contribution in [1.82, 2.24) is 5.43 Å². The monoisotopic (exact) mass is 201 g/mol. The van der Waals surface area contributed by atoms with Gasteiger partial charge in [-0.1, -0.05) is 30.3 Å². The predicted octanol–water partition coefficient (Wildman–Crippen LogP) is 1.22. The zero-order valence-electron chi connectivity index (χ0n) is 8.39. The molecule has 1 saturated heterocycles. The second-order valence-electron chi connectivity index (χ2n) is 3.40. The van der Waals surface area contributed by atoms with Crippen molar-refractivity contribution in [1.29, 1.82) is 0 Å². The molecule has 0 atom stereocenters. The number of nitrogens with one attached hydrogen (secondary N) is 1. The maximum atomic E-state index is 10.9. The molecule has 1 aromatic rings. The highest BCUT2D eigenvalue weighted by molar-refractivity contribution is 5.79. The van der Waals surface area contributed by atoms with Crippen LogP contribution in [0.4, 0.5) is 0 Å². The molecule has 1 aliphatic heterocycles. The molecule has 15 heavy (non-hydrogen) atoms. The SMILES string of the molecule is O=C1CC/[N+](=C\C=C\c2ccccc2)N1. The standard InChI is InChI=1S/C12H12N2O/c15-12-8-10-14(13-12)9-4-7-11-5-2-1-3-6-11/h1-7,9H,8,10H2/p+1/b7-4+,14-9+. The molecule has 76 valence electrons. The molecule has 0 aromatic heterocycles. The van der Waals surface area contributed by atoms with E-state index in [1.54, 1.807) is 4.68 Å². The molecule has 1 N–H and O–H groups in total. The fraction of sp³-hybridized carbons (Fsp3) is 0.167. The van der Waals surface area contributed by atoms with E-state index in [0.29, 0.717) is 6.42 Å². The van der Waals surface area contributed by atoms with Crippen LogP contribution in [0.25, 0.3) is 6.08 Å². The van der Waals surface area contributed by atoms with Crippen molar-refractivity contribution >= 4 is 18.2 Å². The van der Waals surface area contributed by atoms with Gasteiger partial charge in [0, 0.05) is 6.08 Å². The lowest BCUT2D eigenvalue weighted by atomic mass is 10.2. The van der Waals surface area contributed by atoms with Gasteiger partial charge in [0.1, 0.15) is 0 Å². The van der Waals surface area contributed by atoms with Crippen LogP contribution in [0.2, 0.25) is 0 Å². The summed E-state index contributed by atoms with van der Waals surface area (Å²) < 4.78 is 1.79. The van der Waals surface area contributed by atoms with Crippen molar-refractivity contribution in [2.45, 2.75) is 6.42 Å². The third kappa shape index (κ3) is 2.77. The molecule has 1 heterocycles. The van der Waals surface area contributed by atoms with Crippen molar-refractivity contribution in [2.75, 3.05) is 6.54 Å². The van der Waals surface area contributed by atoms with Gasteiger partial charge in [0.05, 0.1) is 6.42 Å². The van der Waals surface area contributed by atoms with E-state index in [2.05, 4.69) is 5.43 Å². The lowest BCUT2D eigenvalue weighted by molar-refractivity contribution is -0.553. The van der Waals surface area contributed by atoms with Crippen LogP contribution in [-0.2, 0) is 4.79 Å². The van der Waals surface area contributed by atoms with Gasteiger partial charge in [-0.15, -0.1) is 10.1 Å². The van der Waals surface area contributed by atoms with E-state index in [-0.39, 0.29) is 5.91 Å². The Bertz CT molecular complexity index is 407. The highest BCUT2D eigenvalue weighted by atomic mass is 16.2. The van der Waals surface area contributed by atoms with E-state index in [9.17, 15) is 4.79 Å². The van der Waals surface area contributed by atoms with Gasteiger partial charge in [0.15, 0.2) is 12.8 Å². The maximum absolute atomic E-state index is 10.9. The van der Waals surface area contributed by atoms with Gasteiger partial charge in [0.25, 0.3) is 5.91 Å². The highest BCUT2D eigenvalue weighted by Crippen LogP contribution is 1.99. The summed E-state index contributed by atoms with van der Waals surface area (Å²) in [4.78, 5) is 10.9. The van der Waals surface area contributed by atoms with E-state index in [0.717, 1.165) is 12.1 Å². The Labute approximate surface area is 88.7 Å². The Morgan fingerprint density at radius 3 is 2.73 bits per heavy atom. The number of hydrogen-bond acceptors (Lipinski definition) is 1. The number of carbonyl (C=O) groups excluding carboxylic acids is 1. The average molecular weight is 201 g/mol. The number of benzene rings is 1. The molecule has 0 radical (unpaired) electrons. The fourth-order valence-corrected chi connectivity index (χ4v) is 1.43. The summed E-state index contributed by atoms with van der Waals surface area (Å²) in [5.41, 5.74) is 3.88. The quantitative estimate of drug-likeness (QED) is 0.717. The second-order valence-corrected chi connectivity index (χ2v) is 3.40. The third-order valence-electron chi connectivity index (χ3n) is 2.20. The van der Waals surface area contributed by atoms with Crippen LogP contribution in [0.3, 0.4) is 0 Å². The molecule has 3 nitrogen and oxygen atoms in total. The zero-order valence-corrected chi connectivity index (χ0v) is 8.39. The van der Waals surface area contributed by atoms with Gasteiger partial charge in [-0.2, -0.15) is 0 Å². The predicted molar refractivity (Wildman–Crippen MR) is 59.4 cm³/mol. The summed E-state index contributed by atoms with van der Waals surface area (Å²) in [7, 11) is 0. The summed E-state index contributed by atoms with van der Waals surface area (Å²) in [6.45, 7) is 0.748. The minimum Gasteiger partial charge on any atom is -0.269 e. The number of hydrazone groups is 1. The molecule has 1 aliphatic rings. The molecular formula is C12H13N2O+. The topological polar surface area (TPSA) is 32.1 Å². The molecule has 1 fully saturated rings. The lowest BCUT2D eigenvalue weighted by Crippen LogP contribution is -2.24. The number of hydrogen-bond donors (Lipinski definition) is 1. The number of carbonyl (C=O) groups is 1. The largest absolute Gasteiger partial charge is 0.280 e. The van der Waals surface area contributed by atoms with E-state index in [4.69, 9.17) is 0 Å². The number of allylic oxidation sites excluding steroid dienone is 1. The summed E-state index contributed by atoms with van der Waals surface area (Å²) >= 11 is 0. The maximum Gasteiger partial charge on any atom is 0.280 e. The van der Waals surface area contributed by atoms with Crippen LogP contribution in [0.15, 0.2) is 36.4 Å². The number of nitrogens with zero attached hydrogens (tertiary/aromatic N) is 1. The molecule has 0 spiro atoms. The van der Waals surface area contributed by atoms with Crippen molar-refractivity contribution in [3.63, 3.8) is 0 Å². The van der Waals surface area contributed by atoms with Crippen LogP contribution >= 0.6 is 0 Å². The molecular weight excluding hydrogens is 188 g/mol. The van der Waals surface area contributed by atoms with Crippen LogP contribution in [-0.4, -0.2) is 23.4 Å². The van der Waals surface area contributed by atoms with Crippen molar-refractivity contribution in [2.24, 2.45) is 0 Å². The Balaban J connectivity index is 1.98. The average Bonchev–Trinajstić information content (AvgIpc) is 2.66. The molecule has 2 rings (SSSR count). The lowest BCUT2D eigenvalue weighted by Gasteiger charge is -1.89. The first kappa shape index (κ1) is 9.65. The number of hydrazine groups is 1. The van der Waals surface area contributed by atoms with Gasteiger partial charge >= 0.3 is 0 Å². The van der Waals surface area contributed by atoms with E-state index >= 15 is 0 Å². The summed E-state index contributed by atoms with van der Waals surface area (Å²) in [6, 6.07) is 10.1. The highest BCUT2D eigenvalue weighted by Gasteiger charge is 2.19. The minimum absolute atomic E-state index is 0.0827. The van der Waals surface area contributed by atoms with E-state index < -0.39 is 0 Å². The molecule has 3 heteroatoms. The molecule has 1 amide bonds. The summed E-state index contributed by atoms with van der Waals surface area (Å²) in [5, 5.41) is 0. The summed E-state index contributed by atoms with van der Waals surface area (Å²) in [6.07, 6.45) is 6.39. The Morgan fingerprint density at radius 1 is 1.27 bits per heavy atom. The second kappa shape index (κ2) is 4.55. The third-order valence-corrected chi connectivity index (χ3v) is 2.20. The first-order valence-electron chi connectivity index (χ1n) is 4.97. The van der Waals surface area contributed by atoms with Crippen LogP contribution in [0.1, 0.15) is 12.0 Å².